The second kappa shape index (κ2) is 11.3. The van der Waals surface area contributed by atoms with Crippen LogP contribution in [0.15, 0.2) is 34.6 Å². The van der Waals surface area contributed by atoms with Crippen LogP contribution < -0.4 is 10.6 Å². The zero-order valence-corrected chi connectivity index (χ0v) is 18.6. The molecule has 1 aromatic heterocycles. The molecule has 0 spiro atoms. The van der Waals surface area contributed by atoms with Gasteiger partial charge in [-0.2, -0.15) is 0 Å². The van der Waals surface area contributed by atoms with E-state index in [-0.39, 0.29) is 0 Å². The zero-order valence-electron chi connectivity index (χ0n) is 17.8. The Balaban J connectivity index is 1.56. The van der Waals surface area contributed by atoms with Gasteiger partial charge in [0.15, 0.2) is 5.96 Å². The number of hydrogen-bond acceptors (Lipinski definition) is 5. The van der Waals surface area contributed by atoms with Gasteiger partial charge in [0.1, 0.15) is 5.01 Å². The molecule has 1 aromatic carbocycles. The monoisotopic (exact) mass is 415 g/mol. The van der Waals surface area contributed by atoms with Crippen molar-refractivity contribution >= 4 is 17.3 Å². The maximum atomic E-state index is 5.44. The Morgan fingerprint density at radius 2 is 2.03 bits per heavy atom. The highest BCUT2D eigenvalue weighted by Crippen LogP contribution is 2.17. The molecule has 2 aromatic rings. The number of ether oxygens (including phenoxy) is 1. The van der Waals surface area contributed by atoms with Crippen LogP contribution in [0.5, 0.6) is 0 Å². The van der Waals surface area contributed by atoms with E-state index < -0.39 is 0 Å². The second-order valence-corrected chi connectivity index (χ2v) is 8.52. The molecule has 0 aliphatic carbocycles. The SMILES string of the molecule is CCNC(=NCc1cccc(CN2CCOCC2)c1)NCc1nc(C(C)C)cs1. The highest BCUT2D eigenvalue weighted by molar-refractivity contribution is 7.09. The largest absolute Gasteiger partial charge is 0.379 e. The summed E-state index contributed by atoms with van der Waals surface area (Å²) in [5.74, 6) is 1.29. The molecule has 1 fully saturated rings. The summed E-state index contributed by atoms with van der Waals surface area (Å²) in [6.45, 7) is 13.3. The van der Waals surface area contributed by atoms with Crippen LogP contribution in [0.4, 0.5) is 0 Å². The molecule has 1 saturated heterocycles. The second-order valence-electron chi connectivity index (χ2n) is 7.58. The Morgan fingerprint density at radius 1 is 1.24 bits per heavy atom. The molecule has 2 N–H and O–H groups in total. The number of guanidine groups is 1. The van der Waals surface area contributed by atoms with Gasteiger partial charge in [0.25, 0.3) is 0 Å². The molecule has 7 heteroatoms. The summed E-state index contributed by atoms with van der Waals surface area (Å²) < 4.78 is 5.44. The van der Waals surface area contributed by atoms with Gasteiger partial charge >= 0.3 is 0 Å². The Morgan fingerprint density at radius 3 is 2.76 bits per heavy atom. The van der Waals surface area contributed by atoms with Crippen LogP contribution in [0.25, 0.3) is 0 Å². The van der Waals surface area contributed by atoms with E-state index in [0.29, 0.717) is 19.0 Å². The summed E-state index contributed by atoms with van der Waals surface area (Å²) in [4.78, 5) is 11.9. The molecule has 0 atom stereocenters. The number of morpholine rings is 1. The molecule has 6 nitrogen and oxygen atoms in total. The van der Waals surface area contributed by atoms with Gasteiger partial charge in [-0.05, 0) is 24.0 Å². The maximum Gasteiger partial charge on any atom is 0.191 e. The molecule has 0 radical (unpaired) electrons. The Bertz CT molecular complexity index is 783. The molecule has 2 heterocycles. The molecule has 0 saturated carbocycles. The fourth-order valence-corrected chi connectivity index (χ4v) is 4.08. The fourth-order valence-electron chi connectivity index (χ4n) is 3.19. The summed E-state index contributed by atoms with van der Waals surface area (Å²) in [7, 11) is 0. The van der Waals surface area contributed by atoms with E-state index in [9.17, 15) is 0 Å². The van der Waals surface area contributed by atoms with Crippen molar-refractivity contribution < 1.29 is 4.74 Å². The third kappa shape index (κ3) is 7.10. The molecule has 29 heavy (non-hydrogen) atoms. The standard InChI is InChI=1S/C22H33N5OS/c1-4-23-22(25-14-21-26-20(16-29-21)17(2)3)24-13-18-6-5-7-19(12-18)15-27-8-10-28-11-9-27/h5-7,12,16-17H,4,8-11,13-15H2,1-3H3,(H2,23,24,25). The van der Waals surface area contributed by atoms with Gasteiger partial charge in [0, 0.05) is 31.6 Å². The van der Waals surface area contributed by atoms with Crippen molar-refractivity contribution in [2.45, 2.75) is 46.3 Å². The van der Waals surface area contributed by atoms with Crippen molar-refractivity contribution in [1.29, 1.82) is 0 Å². The molecule has 1 aliphatic rings. The zero-order chi connectivity index (χ0) is 20.5. The van der Waals surface area contributed by atoms with Gasteiger partial charge in [0.2, 0.25) is 0 Å². The van der Waals surface area contributed by atoms with E-state index in [0.717, 1.165) is 56.1 Å². The number of aliphatic imine (C=N–C) groups is 1. The van der Waals surface area contributed by atoms with Crippen LogP contribution in [0.2, 0.25) is 0 Å². The summed E-state index contributed by atoms with van der Waals surface area (Å²) in [5, 5.41) is 9.97. The third-order valence-electron chi connectivity index (χ3n) is 4.83. The molecular formula is C22H33N5OS. The first kappa shape index (κ1) is 21.7. The predicted octanol–water partition coefficient (Wildman–Crippen LogP) is 3.35. The quantitative estimate of drug-likeness (QED) is 0.511. The Hall–Kier alpha value is -1.96. The number of nitrogens with zero attached hydrogens (tertiary/aromatic N) is 3. The van der Waals surface area contributed by atoms with Gasteiger partial charge in [-0.25, -0.2) is 9.98 Å². The third-order valence-corrected chi connectivity index (χ3v) is 5.70. The van der Waals surface area contributed by atoms with Gasteiger partial charge < -0.3 is 15.4 Å². The van der Waals surface area contributed by atoms with E-state index in [2.05, 4.69) is 70.9 Å². The molecule has 0 amide bonds. The molecule has 3 rings (SSSR count). The van der Waals surface area contributed by atoms with Gasteiger partial charge in [-0.15, -0.1) is 11.3 Å². The first-order chi connectivity index (χ1) is 14.1. The minimum absolute atomic E-state index is 0.464. The van der Waals surface area contributed by atoms with Crippen molar-refractivity contribution in [3.8, 4) is 0 Å². The summed E-state index contributed by atoms with van der Waals surface area (Å²) in [5.41, 5.74) is 3.72. The number of hydrogen-bond donors (Lipinski definition) is 2. The summed E-state index contributed by atoms with van der Waals surface area (Å²) in [6.07, 6.45) is 0. The van der Waals surface area contributed by atoms with Crippen molar-refractivity contribution in [3.05, 3.63) is 51.5 Å². The molecule has 0 unspecified atom stereocenters. The number of rotatable bonds is 8. The van der Waals surface area contributed by atoms with Crippen LogP contribution in [-0.4, -0.2) is 48.7 Å². The first-order valence-corrected chi connectivity index (χ1v) is 11.4. The van der Waals surface area contributed by atoms with E-state index in [4.69, 9.17) is 9.73 Å². The Kier molecular flexibility index (Phi) is 8.46. The van der Waals surface area contributed by atoms with E-state index in [1.54, 1.807) is 11.3 Å². The number of aromatic nitrogens is 1. The summed E-state index contributed by atoms with van der Waals surface area (Å²) >= 11 is 1.70. The van der Waals surface area contributed by atoms with Crippen LogP contribution in [0.3, 0.4) is 0 Å². The van der Waals surface area contributed by atoms with E-state index in [1.807, 2.05) is 0 Å². The smallest absolute Gasteiger partial charge is 0.191 e. The molecule has 158 valence electrons. The first-order valence-electron chi connectivity index (χ1n) is 10.5. The normalized spacial score (nSPS) is 15.7. The highest BCUT2D eigenvalue weighted by Gasteiger charge is 2.11. The van der Waals surface area contributed by atoms with Crippen molar-refractivity contribution in [2.75, 3.05) is 32.8 Å². The van der Waals surface area contributed by atoms with Crippen molar-refractivity contribution in [2.24, 2.45) is 4.99 Å². The summed E-state index contributed by atoms with van der Waals surface area (Å²) in [6, 6.07) is 8.73. The average Bonchev–Trinajstić information content (AvgIpc) is 3.21. The lowest BCUT2D eigenvalue weighted by Gasteiger charge is -2.26. The fraction of sp³-hybridized carbons (Fsp3) is 0.545. The number of thiazole rings is 1. The van der Waals surface area contributed by atoms with Crippen LogP contribution in [0, 0.1) is 0 Å². The minimum Gasteiger partial charge on any atom is -0.379 e. The lowest BCUT2D eigenvalue weighted by molar-refractivity contribution is 0.0342. The van der Waals surface area contributed by atoms with Gasteiger partial charge in [-0.1, -0.05) is 38.1 Å². The molecule has 1 aliphatic heterocycles. The van der Waals surface area contributed by atoms with Gasteiger partial charge in [0.05, 0.1) is 32.0 Å². The topological polar surface area (TPSA) is 61.8 Å². The average molecular weight is 416 g/mol. The maximum absolute atomic E-state index is 5.44. The van der Waals surface area contributed by atoms with Crippen LogP contribution >= 0.6 is 11.3 Å². The molecular weight excluding hydrogens is 382 g/mol. The number of benzene rings is 1. The predicted molar refractivity (Wildman–Crippen MR) is 120 cm³/mol. The molecule has 0 bridgehead atoms. The number of nitrogens with one attached hydrogen (secondary N) is 2. The minimum atomic E-state index is 0.464. The lowest BCUT2D eigenvalue weighted by atomic mass is 10.1. The van der Waals surface area contributed by atoms with Crippen LogP contribution in [0.1, 0.15) is 48.5 Å². The van der Waals surface area contributed by atoms with Crippen molar-refractivity contribution in [1.82, 2.24) is 20.5 Å². The Labute approximate surface area is 178 Å². The van der Waals surface area contributed by atoms with Gasteiger partial charge in [-0.3, -0.25) is 4.90 Å². The lowest BCUT2D eigenvalue weighted by Crippen LogP contribution is -2.36. The van der Waals surface area contributed by atoms with E-state index in [1.165, 1.54) is 11.1 Å². The van der Waals surface area contributed by atoms with Crippen LogP contribution in [-0.2, 0) is 24.4 Å². The van der Waals surface area contributed by atoms with Crippen molar-refractivity contribution in [3.63, 3.8) is 0 Å². The highest BCUT2D eigenvalue weighted by atomic mass is 32.1. The van der Waals surface area contributed by atoms with E-state index >= 15 is 0 Å².